The molecule has 0 radical (unpaired) electrons. The first-order valence-electron chi connectivity index (χ1n) is 9.77. The number of carboxylic acid groups (broad SMARTS) is 30. The Morgan fingerprint density at radius 2 is 0.115 bits per heavy atom. The first kappa shape index (κ1) is 104. The van der Waals surface area contributed by atoms with Crippen LogP contribution in [0.2, 0.25) is 0 Å². The summed E-state index contributed by atoms with van der Waals surface area (Å²) in [6, 6.07) is 0. The molecular weight excluding hydrogens is 940 g/mol. The minimum absolute atomic E-state index is 0. The van der Waals surface area contributed by atoms with E-state index in [9.17, 15) is 0 Å². The van der Waals surface area contributed by atoms with Crippen molar-refractivity contribution in [3.05, 3.63) is 0 Å². The van der Waals surface area contributed by atoms with Crippen LogP contribution in [-0.4, -0.2) is 283 Å². The Labute approximate surface area is 354 Å². The molecule has 0 fully saturated rings. The molecule has 61 heavy (non-hydrogen) atoms. The van der Waals surface area contributed by atoms with Gasteiger partial charge in [-0.3, -0.25) is 0 Å². The molecule has 0 spiro atoms. The summed E-state index contributed by atoms with van der Waals surface area (Å²) in [7, 11) is 0. The topological polar surface area (TPSA) is 863 Å². The van der Waals surface area contributed by atoms with Crippen LogP contribution < -0.4 is 0 Å². The molecule has 30 N–H and O–H groups in total. The van der Waals surface area contributed by atoms with Gasteiger partial charge in [-0.15, -0.1) is 0 Å². The second-order valence-electron chi connectivity index (χ2n) is 4.24. The van der Waals surface area contributed by atoms with Gasteiger partial charge in [0.05, 0.1) is 0 Å². The van der Waals surface area contributed by atoms with Crippen LogP contribution in [0.15, 0.2) is 0 Å². The fourth-order valence-electron chi connectivity index (χ4n) is 0. The predicted octanol–water partition coefficient (Wildman–Crippen LogP) is 2.42. The molecule has 0 aliphatic rings. The summed E-state index contributed by atoms with van der Waals surface area (Å²) in [5, 5.41) is 209. The van der Waals surface area contributed by atoms with Crippen molar-refractivity contribution in [1.82, 2.24) is 0 Å². The molecule has 0 saturated heterocycles. The normalized spacial score (nSPS) is 5.90. The molecule has 0 aromatic rings. The molecule has 0 amide bonds. The molecule has 0 bridgehead atoms. The van der Waals surface area contributed by atoms with E-state index in [2.05, 4.69) is 0 Å². The maximum absolute atomic E-state index is 8.56. The van der Waals surface area contributed by atoms with E-state index >= 15 is 0 Å². The van der Waals surface area contributed by atoms with E-state index in [0.29, 0.717) is 0 Å². The van der Waals surface area contributed by atoms with E-state index in [-0.39, 0.29) is 37.7 Å². The van der Waals surface area contributed by atoms with Gasteiger partial charge in [0.25, 0.3) is 0 Å². The van der Waals surface area contributed by atoms with Crippen molar-refractivity contribution in [3.8, 4) is 0 Å². The van der Waals surface area contributed by atoms with Gasteiger partial charge < -0.3 is 153 Å². The Hall–Kier alpha value is -9.69. The molecule has 0 atom stereocenters. The van der Waals surface area contributed by atoms with Crippen molar-refractivity contribution in [2.75, 3.05) is 0 Å². The Kier molecular flexibility index (Phi) is 168. The zero-order chi connectivity index (χ0) is 53.7. The third-order valence-corrected chi connectivity index (χ3v) is 0. The van der Waals surface area contributed by atoms with Gasteiger partial charge in [0.15, 0.2) is 0 Å². The summed E-state index contributed by atoms with van der Waals surface area (Å²) in [4.78, 5) is 128. The SMILES string of the molecule is O=C(O)O.O=C(O)O.O=C(O)O.O=C(O)O.O=C(O)O.O=C(O)O.O=C(O)O.O=C(O)O.O=C(O)O.O=C(O)O.O=C(O)O.O=C(O)O.O=C(O)O.O=C(O)O.O=C(O)O.[CaH2]. The van der Waals surface area contributed by atoms with Gasteiger partial charge in [-0.1, -0.05) is 0 Å². The number of hydrogen-bond acceptors (Lipinski definition) is 15. The van der Waals surface area contributed by atoms with Crippen molar-refractivity contribution < 1.29 is 225 Å². The van der Waals surface area contributed by atoms with Gasteiger partial charge in [0, 0.05) is 0 Å². The summed E-state index contributed by atoms with van der Waals surface area (Å²) in [5.41, 5.74) is 0. The Morgan fingerprint density at radius 1 is 0.115 bits per heavy atom. The molecule has 0 aliphatic heterocycles. The van der Waals surface area contributed by atoms with Crippen LogP contribution in [0.1, 0.15) is 0 Å². The molecule has 45 nitrogen and oxygen atoms in total. The zero-order valence-corrected chi connectivity index (χ0v) is 27.0. The second kappa shape index (κ2) is 98.1. The van der Waals surface area contributed by atoms with E-state index < -0.39 is 92.3 Å². The van der Waals surface area contributed by atoms with Gasteiger partial charge >= 0.3 is 130 Å². The first-order valence-corrected chi connectivity index (χ1v) is 9.77. The van der Waals surface area contributed by atoms with Gasteiger partial charge in [0.2, 0.25) is 0 Å². The Morgan fingerprint density at radius 3 is 0.115 bits per heavy atom. The standard InChI is InChI=1S/15CH2O3.Ca.2H/c15*2-1(3)4;;;/h15*(H2,2,3,4);;;. The van der Waals surface area contributed by atoms with Crippen molar-refractivity contribution in [2.45, 2.75) is 0 Å². The quantitative estimate of drug-likeness (QED) is 0.155. The van der Waals surface area contributed by atoms with Crippen LogP contribution >= 0.6 is 0 Å². The zero-order valence-electron chi connectivity index (χ0n) is 27.0. The Bertz CT molecular complexity index is 753. The third-order valence-electron chi connectivity index (χ3n) is 0. The average Bonchev–Trinajstić information content (AvgIpc) is 2.78. The second-order valence-corrected chi connectivity index (χ2v) is 4.24. The summed E-state index contributed by atoms with van der Waals surface area (Å²) >= 11 is 0. The van der Waals surface area contributed by atoms with Crippen LogP contribution in [0.3, 0.4) is 0 Å². The van der Waals surface area contributed by atoms with Gasteiger partial charge in [-0.05, 0) is 0 Å². The molecule has 46 heteroatoms. The predicted molar refractivity (Wildman–Crippen MR) is 168 cm³/mol. The molecule has 0 aromatic heterocycles. The fourth-order valence-corrected chi connectivity index (χ4v) is 0. The molecule has 0 aromatic carbocycles. The molecular formula is C15H32CaO45. The molecule has 0 rings (SSSR count). The first-order chi connectivity index (χ1) is 26.0. The minimum atomic E-state index is -1.83. The van der Waals surface area contributed by atoms with Gasteiger partial charge in [-0.25, -0.2) is 71.9 Å². The van der Waals surface area contributed by atoms with Crippen LogP contribution in [0, 0.1) is 0 Å². The number of rotatable bonds is 0. The maximum atomic E-state index is 8.56. The number of carbonyl (C=O) groups is 15. The average molecular weight is 972 g/mol. The van der Waals surface area contributed by atoms with Crippen molar-refractivity contribution in [3.63, 3.8) is 0 Å². The molecule has 0 unspecified atom stereocenters. The van der Waals surface area contributed by atoms with Gasteiger partial charge in [-0.2, -0.15) is 0 Å². The summed E-state index contributed by atoms with van der Waals surface area (Å²) in [6.07, 6.45) is -27.5. The van der Waals surface area contributed by atoms with E-state index in [1.54, 1.807) is 0 Å². The molecule has 0 heterocycles. The monoisotopic (exact) mass is 972 g/mol. The third kappa shape index (κ3) is 1250. The van der Waals surface area contributed by atoms with Crippen molar-refractivity contribution >= 4 is 130 Å². The van der Waals surface area contributed by atoms with E-state index in [1.807, 2.05) is 0 Å². The summed E-state index contributed by atoms with van der Waals surface area (Å²) < 4.78 is 0. The summed E-state index contributed by atoms with van der Waals surface area (Å²) in [5.74, 6) is 0. The van der Waals surface area contributed by atoms with Crippen molar-refractivity contribution in [2.24, 2.45) is 0 Å². The Balaban J connectivity index is -0.0000000254. The molecule has 0 aliphatic carbocycles. The van der Waals surface area contributed by atoms with Crippen LogP contribution in [0.25, 0.3) is 0 Å². The van der Waals surface area contributed by atoms with E-state index in [1.165, 1.54) is 0 Å². The van der Waals surface area contributed by atoms with Crippen molar-refractivity contribution in [1.29, 1.82) is 0 Å². The van der Waals surface area contributed by atoms with Gasteiger partial charge in [0.1, 0.15) is 0 Å². The molecule has 0 saturated carbocycles. The number of hydrogen-bond donors (Lipinski definition) is 30. The van der Waals surface area contributed by atoms with Crippen LogP contribution in [0.4, 0.5) is 71.9 Å². The van der Waals surface area contributed by atoms with E-state index in [0.717, 1.165) is 0 Å². The van der Waals surface area contributed by atoms with E-state index in [4.69, 9.17) is 225 Å². The van der Waals surface area contributed by atoms with Crippen LogP contribution in [-0.2, 0) is 0 Å². The summed E-state index contributed by atoms with van der Waals surface area (Å²) in [6.45, 7) is 0. The van der Waals surface area contributed by atoms with Crippen LogP contribution in [0.5, 0.6) is 0 Å². The molecule has 364 valence electrons. The fraction of sp³-hybridized carbons (Fsp3) is 0.